The van der Waals surface area contributed by atoms with Gasteiger partial charge in [-0.15, -0.1) is 0 Å². The number of benzene rings is 3. The zero-order valence-corrected chi connectivity index (χ0v) is 19.6. The fraction of sp³-hybridized carbons (Fsp3) is 0.154. The average molecular weight is 520 g/mol. The van der Waals surface area contributed by atoms with Crippen molar-refractivity contribution in [2.45, 2.75) is 18.8 Å². The lowest BCUT2D eigenvalue weighted by Crippen LogP contribution is -2.17. The molecule has 0 heterocycles. The molecule has 0 aliphatic rings. The molecule has 0 radical (unpaired) electrons. The summed E-state index contributed by atoms with van der Waals surface area (Å²) in [6.45, 7) is 2.08. The predicted octanol–water partition coefficient (Wildman–Crippen LogP) is 7.85. The van der Waals surface area contributed by atoms with Crippen LogP contribution in [0, 0.1) is 28.6 Å². The van der Waals surface area contributed by atoms with Gasteiger partial charge in [-0.25, -0.2) is 0 Å². The third-order valence-corrected chi connectivity index (χ3v) is 6.24. The SMILES string of the molecule is CC(C=C(C#N)c1ccc(Br)cc1)C(c1ccccc1)C(C#N)c1ccc(Br)cc1. The van der Waals surface area contributed by atoms with E-state index >= 15 is 0 Å². The molecule has 0 fully saturated rings. The molecular formula is C26H20Br2N2. The van der Waals surface area contributed by atoms with Crippen LogP contribution in [-0.2, 0) is 0 Å². The van der Waals surface area contributed by atoms with Crippen molar-refractivity contribution in [3.05, 3.63) is 111 Å². The molecule has 30 heavy (non-hydrogen) atoms. The van der Waals surface area contributed by atoms with Crippen LogP contribution in [0.2, 0.25) is 0 Å². The first-order valence-electron chi connectivity index (χ1n) is 9.61. The Balaban J connectivity index is 2.05. The molecule has 3 unspecified atom stereocenters. The summed E-state index contributed by atoms with van der Waals surface area (Å²) in [7, 11) is 0. The van der Waals surface area contributed by atoms with Crippen LogP contribution >= 0.6 is 31.9 Å². The maximum atomic E-state index is 10.1. The number of nitriles is 2. The monoisotopic (exact) mass is 518 g/mol. The van der Waals surface area contributed by atoms with Gasteiger partial charge in [-0.1, -0.05) is 99.5 Å². The second kappa shape index (κ2) is 10.4. The fourth-order valence-corrected chi connectivity index (χ4v) is 4.23. The number of hydrogen-bond acceptors (Lipinski definition) is 2. The van der Waals surface area contributed by atoms with E-state index < -0.39 is 0 Å². The van der Waals surface area contributed by atoms with E-state index in [1.807, 2.05) is 72.8 Å². The molecule has 0 spiro atoms. The van der Waals surface area contributed by atoms with E-state index in [9.17, 15) is 10.5 Å². The van der Waals surface area contributed by atoms with Crippen molar-refractivity contribution < 1.29 is 0 Å². The maximum Gasteiger partial charge on any atom is 0.0994 e. The zero-order chi connectivity index (χ0) is 21.5. The van der Waals surface area contributed by atoms with Gasteiger partial charge in [-0.3, -0.25) is 0 Å². The lowest BCUT2D eigenvalue weighted by molar-refractivity contribution is 0.508. The molecule has 0 bridgehead atoms. The van der Waals surface area contributed by atoms with E-state index in [0.29, 0.717) is 5.57 Å². The standard InChI is InChI=1S/C26H20Br2N2/c1-18(15-22(16-29)19-7-11-23(27)12-8-19)26(21-5-3-2-4-6-21)25(17-30)20-9-13-24(28)14-10-20/h2-15,18,25-26H,1H3. The van der Waals surface area contributed by atoms with Crippen molar-refractivity contribution in [3.63, 3.8) is 0 Å². The van der Waals surface area contributed by atoms with E-state index in [0.717, 1.165) is 25.6 Å². The number of allylic oxidation sites excluding steroid dienone is 2. The molecule has 0 aromatic heterocycles. The first-order chi connectivity index (χ1) is 14.5. The summed E-state index contributed by atoms with van der Waals surface area (Å²) >= 11 is 6.91. The van der Waals surface area contributed by atoms with E-state index in [2.05, 4.69) is 63.1 Å². The number of hydrogen-bond donors (Lipinski definition) is 0. The Morgan fingerprint density at radius 3 is 1.90 bits per heavy atom. The second-order valence-corrected chi connectivity index (χ2v) is 8.98. The van der Waals surface area contributed by atoms with Crippen molar-refractivity contribution in [1.82, 2.24) is 0 Å². The van der Waals surface area contributed by atoms with Gasteiger partial charge in [0.2, 0.25) is 0 Å². The number of halogens is 2. The minimum atomic E-state index is -0.336. The number of nitrogens with zero attached hydrogens (tertiary/aromatic N) is 2. The lowest BCUT2D eigenvalue weighted by Gasteiger charge is -2.27. The van der Waals surface area contributed by atoms with Crippen LogP contribution in [0.25, 0.3) is 5.57 Å². The van der Waals surface area contributed by atoms with Crippen LogP contribution in [0.3, 0.4) is 0 Å². The van der Waals surface area contributed by atoms with Gasteiger partial charge in [0.05, 0.1) is 23.6 Å². The highest BCUT2D eigenvalue weighted by Crippen LogP contribution is 2.40. The van der Waals surface area contributed by atoms with Gasteiger partial charge in [0.25, 0.3) is 0 Å². The van der Waals surface area contributed by atoms with Gasteiger partial charge in [0.1, 0.15) is 0 Å². The van der Waals surface area contributed by atoms with Gasteiger partial charge in [0.15, 0.2) is 0 Å². The quantitative estimate of drug-likeness (QED) is 0.311. The molecule has 3 aromatic rings. The Bertz CT molecular complexity index is 1090. The summed E-state index contributed by atoms with van der Waals surface area (Å²) in [5, 5.41) is 19.9. The van der Waals surface area contributed by atoms with Crippen molar-refractivity contribution in [2.75, 3.05) is 0 Å². The Hall–Kier alpha value is -2.66. The molecule has 3 rings (SSSR count). The lowest BCUT2D eigenvalue weighted by atomic mass is 9.74. The van der Waals surface area contributed by atoms with Crippen molar-refractivity contribution in [2.24, 2.45) is 5.92 Å². The molecular weight excluding hydrogens is 500 g/mol. The third kappa shape index (κ3) is 5.28. The summed E-state index contributed by atoms with van der Waals surface area (Å²) in [5.41, 5.74) is 3.54. The summed E-state index contributed by atoms with van der Waals surface area (Å²) in [6.07, 6.45) is 1.99. The minimum Gasteiger partial charge on any atom is -0.198 e. The Morgan fingerprint density at radius 2 is 1.37 bits per heavy atom. The zero-order valence-electron chi connectivity index (χ0n) is 16.5. The van der Waals surface area contributed by atoms with E-state index in [1.54, 1.807) is 0 Å². The highest BCUT2D eigenvalue weighted by Gasteiger charge is 2.29. The third-order valence-electron chi connectivity index (χ3n) is 5.18. The first kappa shape index (κ1) is 22.0. The van der Waals surface area contributed by atoms with Gasteiger partial charge in [0, 0.05) is 14.9 Å². The first-order valence-corrected chi connectivity index (χ1v) is 11.2. The van der Waals surface area contributed by atoms with E-state index in [1.165, 1.54) is 0 Å². The molecule has 3 atom stereocenters. The Morgan fingerprint density at radius 1 is 0.800 bits per heavy atom. The topological polar surface area (TPSA) is 47.6 Å². The second-order valence-electron chi connectivity index (χ2n) is 7.15. The minimum absolute atomic E-state index is 0.0287. The van der Waals surface area contributed by atoms with Crippen molar-refractivity contribution >= 4 is 37.4 Å². The Kier molecular flexibility index (Phi) is 7.63. The molecule has 148 valence electrons. The molecule has 0 saturated heterocycles. The van der Waals surface area contributed by atoms with E-state index in [4.69, 9.17) is 0 Å². The molecule has 0 N–H and O–H groups in total. The predicted molar refractivity (Wildman–Crippen MR) is 129 cm³/mol. The average Bonchev–Trinajstić information content (AvgIpc) is 2.77. The van der Waals surface area contributed by atoms with Crippen LogP contribution < -0.4 is 0 Å². The van der Waals surface area contributed by atoms with Crippen LogP contribution in [0.1, 0.15) is 35.4 Å². The van der Waals surface area contributed by atoms with Gasteiger partial charge in [-0.2, -0.15) is 10.5 Å². The highest BCUT2D eigenvalue weighted by molar-refractivity contribution is 9.10. The van der Waals surface area contributed by atoms with Gasteiger partial charge < -0.3 is 0 Å². The number of rotatable bonds is 6. The molecule has 0 saturated carbocycles. The summed E-state index contributed by atoms with van der Waals surface area (Å²) in [5.74, 6) is -0.452. The van der Waals surface area contributed by atoms with Crippen LogP contribution in [0.4, 0.5) is 0 Å². The smallest absolute Gasteiger partial charge is 0.0994 e. The van der Waals surface area contributed by atoms with Crippen LogP contribution in [-0.4, -0.2) is 0 Å². The fourth-order valence-electron chi connectivity index (χ4n) is 3.70. The highest BCUT2D eigenvalue weighted by atomic mass is 79.9. The summed E-state index contributed by atoms with van der Waals surface area (Å²) in [4.78, 5) is 0. The van der Waals surface area contributed by atoms with Crippen LogP contribution in [0.15, 0.2) is 93.9 Å². The molecule has 3 aromatic carbocycles. The largest absolute Gasteiger partial charge is 0.198 e. The molecule has 2 nitrogen and oxygen atoms in total. The maximum absolute atomic E-state index is 10.1. The molecule has 0 aliphatic carbocycles. The van der Waals surface area contributed by atoms with Crippen LogP contribution in [0.5, 0.6) is 0 Å². The van der Waals surface area contributed by atoms with Gasteiger partial charge in [-0.05, 0) is 46.9 Å². The molecule has 0 aliphatic heterocycles. The molecule has 0 amide bonds. The normalized spacial score (nSPS) is 14.2. The van der Waals surface area contributed by atoms with Crippen molar-refractivity contribution in [1.29, 1.82) is 10.5 Å². The summed E-state index contributed by atoms with van der Waals surface area (Å²) < 4.78 is 1.95. The molecule has 4 heteroatoms. The Labute approximate surface area is 194 Å². The van der Waals surface area contributed by atoms with E-state index in [-0.39, 0.29) is 17.8 Å². The van der Waals surface area contributed by atoms with Gasteiger partial charge >= 0.3 is 0 Å². The summed E-state index contributed by atoms with van der Waals surface area (Å²) in [6, 6.07) is 30.6. The van der Waals surface area contributed by atoms with Crippen molar-refractivity contribution in [3.8, 4) is 12.1 Å².